The third kappa shape index (κ3) is 3.36. The molecule has 3 N–H and O–H groups in total. The van der Waals surface area contributed by atoms with E-state index in [1.165, 1.54) is 11.8 Å². The van der Waals surface area contributed by atoms with Crippen LogP contribution < -0.4 is 11.1 Å². The van der Waals surface area contributed by atoms with E-state index in [0.717, 1.165) is 5.56 Å². The van der Waals surface area contributed by atoms with Crippen LogP contribution in [0.15, 0.2) is 23.4 Å². The molecule has 2 rings (SSSR count). The summed E-state index contributed by atoms with van der Waals surface area (Å²) >= 11 is 7.48. The van der Waals surface area contributed by atoms with Crippen molar-refractivity contribution in [3.05, 3.63) is 28.8 Å². The van der Waals surface area contributed by atoms with Crippen molar-refractivity contribution in [2.45, 2.75) is 31.5 Å². The van der Waals surface area contributed by atoms with Gasteiger partial charge in [-0.2, -0.15) is 0 Å². The van der Waals surface area contributed by atoms with Crippen molar-refractivity contribution in [3.63, 3.8) is 0 Å². The summed E-state index contributed by atoms with van der Waals surface area (Å²) in [6.45, 7) is 3.82. The highest BCUT2D eigenvalue weighted by Crippen LogP contribution is 2.26. The Balaban J connectivity index is 2.25. The number of nitrogens with one attached hydrogen (secondary N) is 1. The first-order valence-corrected chi connectivity index (χ1v) is 8.39. The SMILES string of the molecule is CCC(C(=O)Nc1ccc(C)c(Cl)c1)n1c(N)nnc1SC. The van der Waals surface area contributed by atoms with Crippen LogP contribution in [0.25, 0.3) is 0 Å². The van der Waals surface area contributed by atoms with E-state index in [-0.39, 0.29) is 11.9 Å². The van der Waals surface area contributed by atoms with E-state index in [1.54, 1.807) is 10.6 Å². The first-order chi connectivity index (χ1) is 10.5. The van der Waals surface area contributed by atoms with E-state index < -0.39 is 6.04 Å². The van der Waals surface area contributed by atoms with Crippen LogP contribution in [0, 0.1) is 6.92 Å². The molecule has 6 nitrogen and oxygen atoms in total. The van der Waals surface area contributed by atoms with Gasteiger partial charge in [0.15, 0.2) is 5.16 Å². The second kappa shape index (κ2) is 7.02. The molecule has 22 heavy (non-hydrogen) atoms. The smallest absolute Gasteiger partial charge is 0.247 e. The average Bonchev–Trinajstić information content (AvgIpc) is 2.85. The van der Waals surface area contributed by atoms with Crippen LogP contribution in [0.4, 0.5) is 11.6 Å². The molecule has 0 spiro atoms. The Labute approximate surface area is 138 Å². The topological polar surface area (TPSA) is 85.8 Å². The van der Waals surface area contributed by atoms with Gasteiger partial charge in [0.25, 0.3) is 0 Å². The van der Waals surface area contributed by atoms with Gasteiger partial charge >= 0.3 is 0 Å². The molecule has 0 saturated carbocycles. The molecular formula is C14H18ClN5OS. The van der Waals surface area contributed by atoms with Gasteiger partial charge in [-0.05, 0) is 37.3 Å². The van der Waals surface area contributed by atoms with Gasteiger partial charge < -0.3 is 11.1 Å². The number of carbonyl (C=O) groups is 1. The molecule has 1 amide bonds. The fourth-order valence-corrected chi connectivity index (χ4v) is 2.82. The molecule has 1 atom stereocenters. The molecule has 1 heterocycles. The molecule has 0 aliphatic carbocycles. The van der Waals surface area contributed by atoms with Gasteiger partial charge in [0.2, 0.25) is 11.9 Å². The van der Waals surface area contributed by atoms with E-state index in [1.807, 2.05) is 32.2 Å². The minimum Gasteiger partial charge on any atom is -0.368 e. The number of rotatable bonds is 5. The normalized spacial score (nSPS) is 12.2. The minimum absolute atomic E-state index is 0.177. The van der Waals surface area contributed by atoms with Crippen LogP contribution in [0.2, 0.25) is 5.02 Å². The van der Waals surface area contributed by atoms with Gasteiger partial charge in [0.05, 0.1) is 0 Å². The molecule has 118 valence electrons. The maximum Gasteiger partial charge on any atom is 0.247 e. The van der Waals surface area contributed by atoms with Gasteiger partial charge in [0, 0.05) is 10.7 Å². The first kappa shape index (κ1) is 16.6. The molecule has 0 fully saturated rings. The second-order valence-corrected chi connectivity index (χ2v) is 5.97. The van der Waals surface area contributed by atoms with Crippen LogP contribution >= 0.6 is 23.4 Å². The zero-order chi connectivity index (χ0) is 16.3. The Hall–Kier alpha value is -1.73. The van der Waals surface area contributed by atoms with E-state index in [2.05, 4.69) is 15.5 Å². The molecule has 1 unspecified atom stereocenters. The summed E-state index contributed by atoms with van der Waals surface area (Å²) in [5.74, 6) is 0.0532. The van der Waals surface area contributed by atoms with Gasteiger partial charge in [-0.15, -0.1) is 10.2 Å². The summed E-state index contributed by atoms with van der Waals surface area (Å²) in [6, 6.07) is 4.93. The number of halogens is 1. The number of aromatic nitrogens is 3. The van der Waals surface area contributed by atoms with Gasteiger partial charge in [-0.3, -0.25) is 9.36 Å². The second-order valence-electron chi connectivity index (χ2n) is 4.79. The molecular weight excluding hydrogens is 322 g/mol. The average molecular weight is 340 g/mol. The third-order valence-corrected chi connectivity index (χ3v) is 4.36. The van der Waals surface area contributed by atoms with Crippen LogP contribution in [0.5, 0.6) is 0 Å². The van der Waals surface area contributed by atoms with Crippen LogP contribution in [-0.4, -0.2) is 26.9 Å². The molecule has 8 heteroatoms. The number of benzene rings is 1. The van der Waals surface area contributed by atoms with Crippen molar-refractivity contribution >= 4 is 40.9 Å². The molecule has 0 aliphatic rings. The van der Waals surface area contributed by atoms with Crippen molar-refractivity contribution < 1.29 is 4.79 Å². The lowest BCUT2D eigenvalue weighted by molar-refractivity contribution is -0.119. The van der Waals surface area contributed by atoms with Gasteiger partial charge in [-0.25, -0.2) is 0 Å². The number of amides is 1. The van der Waals surface area contributed by atoms with Crippen LogP contribution in [0.3, 0.4) is 0 Å². The molecule has 2 aromatic rings. The van der Waals surface area contributed by atoms with E-state index in [4.69, 9.17) is 17.3 Å². The summed E-state index contributed by atoms with van der Waals surface area (Å²) in [6.07, 6.45) is 2.44. The van der Waals surface area contributed by atoms with Crippen LogP contribution in [-0.2, 0) is 4.79 Å². The summed E-state index contributed by atoms with van der Waals surface area (Å²) < 4.78 is 1.65. The van der Waals surface area contributed by atoms with Crippen molar-refractivity contribution in [1.29, 1.82) is 0 Å². The quantitative estimate of drug-likeness (QED) is 0.817. The maximum atomic E-state index is 12.6. The summed E-state index contributed by atoms with van der Waals surface area (Å²) in [5.41, 5.74) is 7.45. The molecule has 0 aliphatic heterocycles. The Morgan fingerprint density at radius 1 is 1.50 bits per heavy atom. The van der Waals surface area contributed by atoms with E-state index in [0.29, 0.717) is 22.3 Å². The van der Waals surface area contributed by atoms with Crippen LogP contribution in [0.1, 0.15) is 24.9 Å². The minimum atomic E-state index is -0.475. The van der Waals surface area contributed by atoms with Crippen molar-refractivity contribution in [2.75, 3.05) is 17.3 Å². The number of carbonyl (C=O) groups excluding carboxylic acids is 1. The number of thioether (sulfide) groups is 1. The number of hydrogen-bond donors (Lipinski definition) is 2. The maximum absolute atomic E-state index is 12.6. The Bertz CT molecular complexity index is 688. The first-order valence-electron chi connectivity index (χ1n) is 6.79. The number of nitrogens with two attached hydrogens (primary N) is 1. The van der Waals surface area contributed by atoms with Gasteiger partial charge in [0.1, 0.15) is 6.04 Å². The fourth-order valence-electron chi connectivity index (χ4n) is 2.10. The number of anilines is 2. The Morgan fingerprint density at radius 2 is 2.23 bits per heavy atom. The number of aryl methyl sites for hydroxylation is 1. The lowest BCUT2D eigenvalue weighted by atomic mass is 10.2. The van der Waals surface area contributed by atoms with Gasteiger partial charge in [-0.1, -0.05) is 36.4 Å². The predicted octanol–water partition coefficient (Wildman–Crippen LogP) is 3.13. The lowest BCUT2D eigenvalue weighted by Gasteiger charge is -2.18. The Kier molecular flexibility index (Phi) is 5.31. The number of nitrogens with zero attached hydrogens (tertiary/aromatic N) is 3. The zero-order valence-corrected chi connectivity index (χ0v) is 14.2. The molecule has 1 aromatic heterocycles. The van der Waals surface area contributed by atoms with E-state index in [9.17, 15) is 4.79 Å². The monoisotopic (exact) mass is 339 g/mol. The highest BCUT2D eigenvalue weighted by atomic mass is 35.5. The summed E-state index contributed by atoms with van der Waals surface area (Å²) in [5, 5.41) is 11.9. The Morgan fingerprint density at radius 3 is 2.82 bits per heavy atom. The molecule has 0 radical (unpaired) electrons. The standard InChI is InChI=1S/C14H18ClN5OS/c1-4-11(20-13(16)18-19-14(20)22-3)12(21)17-9-6-5-8(2)10(15)7-9/h5-7,11H,4H2,1-3H3,(H2,16,18)(H,17,21). The largest absolute Gasteiger partial charge is 0.368 e. The van der Waals surface area contributed by atoms with Crippen molar-refractivity contribution in [2.24, 2.45) is 0 Å². The summed E-state index contributed by atoms with van der Waals surface area (Å²) in [7, 11) is 0. The fraction of sp³-hybridized carbons (Fsp3) is 0.357. The van der Waals surface area contributed by atoms with E-state index >= 15 is 0 Å². The third-order valence-electron chi connectivity index (χ3n) is 3.31. The number of nitrogen functional groups attached to an aromatic ring is 1. The van der Waals surface area contributed by atoms with Crippen molar-refractivity contribution in [3.8, 4) is 0 Å². The highest BCUT2D eigenvalue weighted by Gasteiger charge is 2.24. The number of hydrogen-bond acceptors (Lipinski definition) is 5. The molecule has 0 bridgehead atoms. The highest BCUT2D eigenvalue weighted by molar-refractivity contribution is 7.98. The molecule has 1 aromatic carbocycles. The van der Waals surface area contributed by atoms with Crippen molar-refractivity contribution in [1.82, 2.24) is 14.8 Å². The summed E-state index contributed by atoms with van der Waals surface area (Å²) in [4.78, 5) is 12.6. The predicted molar refractivity (Wildman–Crippen MR) is 90.4 cm³/mol. The zero-order valence-electron chi connectivity index (χ0n) is 12.6. The lowest BCUT2D eigenvalue weighted by Crippen LogP contribution is -2.27. The molecule has 0 saturated heterocycles.